The van der Waals surface area contributed by atoms with Crippen molar-refractivity contribution < 1.29 is 38.6 Å². The van der Waals surface area contributed by atoms with Crippen LogP contribution in [0.4, 0.5) is 0 Å². The summed E-state index contributed by atoms with van der Waals surface area (Å²) in [5.41, 5.74) is 0. The van der Waals surface area contributed by atoms with E-state index in [2.05, 4.69) is 6.92 Å². The van der Waals surface area contributed by atoms with E-state index in [9.17, 15) is 10.2 Å². The molecule has 1 heterocycles. The van der Waals surface area contributed by atoms with Crippen molar-refractivity contribution >= 4 is 0 Å². The van der Waals surface area contributed by atoms with E-state index in [4.69, 9.17) is 28.4 Å². The summed E-state index contributed by atoms with van der Waals surface area (Å²) in [5, 5.41) is 19.4. The maximum absolute atomic E-state index is 10.1. The molecule has 138 valence electrons. The van der Waals surface area contributed by atoms with E-state index in [0.717, 1.165) is 13.0 Å². The largest absolute Gasteiger partial charge is 0.394 e. The summed E-state index contributed by atoms with van der Waals surface area (Å²) in [7, 11) is 2.96. The van der Waals surface area contributed by atoms with Gasteiger partial charge in [-0.25, -0.2) is 0 Å². The number of rotatable bonds is 12. The minimum absolute atomic E-state index is 0.295. The van der Waals surface area contributed by atoms with Crippen LogP contribution in [-0.4, -0.2) is 94.8 Å². The summed E-state index contributed by atoms with van der Waals surface area (Å²) < 4.78 is 32.4. The van der Waals surface area contributed by atoms with E-state index in [1.165, 1.54) is 14.2 Å². The Morgan fingerprint density at radius 1 is 0.913 bits per heavy atom. The Bertz CT molecular complexity index is 291. The predicted octanol–water partition coefficient (Wildman–Crippen LogP) is -0.446. The highest BCUT2D eigenvalue weighted by Gasteiger charge is 2.46. The average Bonchev–Trinajstić information content (AvgIpc) is 2.57. The number of ether oxygens (including phenoxy) is 6. The van der Waals surface area contributed by atoms with Crippen LogP contribution in [0.25, 0.3) is 0 Å². The molecule has 1 aliphatic rings. The highest BCUT2D eigenvalue weighted by Crippen LogP contribution is 2.25. The van der Waals surface area contributed by atoms with E-state index >= 15 is 0 Å². The lowest BCUT2D eigenvalue weighted by atomic mass is 9.99. The summed E-state index contributed by atoms with van der Waals surface area (Å²) in [4.78, 5) is 0. The molecule has 1 aliphatic heterocycles. The van der Waals surface area contributed by atoms with Crippen LogP contribution in [0.3, 0.4) is 0 Å². The summed E-state index contributed by atoms with van der Waals surface area (Å²) in [5.74, 6) is 0. The van der Waals surface area contributed by atoms with Crippen LogP contribution in [0, 0.1) is 0 Å². The topological polar surface area (TPSA) is 95.8 Å². The fourth-order valence-corrected chi connectivity index (χ4v) is 2.38. The van der Waals surface area contributed by atoms with Crippen molar-refractivity contribution in [3.63, 3.8) is 0 Å². The van der Waals surface area contributed by atoms with Gasteiger partial charge in [-0.15, -0.1) is 0 Å². The van der Waals surface area contributed by atoms with Crippen molar-refractivity contribution in [1.29, 1.82) is 0 Å². The van der Waals surface area contributed by atoms with E-state index < -0.39 is 30.7 Å². The van der Waals surface area contributed by atoms with E-state index in [-0.39, 0.29) is 6.61 Å². The van der Waals surface area contributed by atoms with Gasteiger partial charge >= 0.3 is 0 Å². The van der Waals surface area contributed by atoms with Crippen LogP contribution in [0.2, 0.25) is 0 Å². The van der Waals surface area contributed by atoms with Crippen molar-refractivity contribution in [2.45, 2.75) is 44.1 Å². The summed E-state index contributed by atoms with van der Waals surface area (Å²) in [6.07, 6.45) is -2.75. The predicted molar refractivity (Wildman–Crippen MR) is 81.2 cm³/mol. The first-order valence-electron chi connectivity index (χ1n) is 7.96. The molecule has 1 fully saturated rings. The third-order valence-corrected chi connectivity index (χ3v) is 3.57. The molecule has 0 unspecified atom stereocenters. The number of hydrogen-bond donors (Lipinski definition) is 2. The number of aliphatic hydroxyl groups is 2. The zero-order chi connectivity index (χ0) is 17.1. The Kier molecular flexibility index (Phi) is 10.9. The van der Waals surface area contributed by atoms with Gasteiger partial charge in [0.05, 0.1) is 33.0 Å². The Balaban J connectivity index is 2.32. The van der Waals surface area contributed by atoms with E-state index in [1.807, 2.05) is 0 Å². The van der Waals surface area contributed by atoms with Crippen LogP contribution >= 0.6 is 0 Å². The van der Waals surface area contributed by atoms with Crippen molar-refractivity contribution in [2.75, 3.05) is 53.9 Å². The summed E-state index contributed by atoms with van der Waals surface area (Å²) in [6, 6.07) is 0. The second kappa shape index (κ2) is 12.1. The fraction of sp³-hybridized carbons (Fsp3) is 1.00. The first-order chi connectivity index (χ1) is 11.2. The molecule has 5 atom stereocenters. The first-order valence-corrected chi connectivity index (χ1v) is 7.96. The molecule has 0 amide bonds. The van der Waals surface area contributed by atoms with Crippen LogP contribution in [0.1, 0.15) is 13.3 Å². The van der Waals surface area contributed by atoms with E-state index in [0.29, 0.717) is 26.4 Å². The molecule has 0 aromatic rings. The van der Waals surface area contributed by atoms with Gasteiger partial charge in [0, 0.05) is 20.8 Å². The Morgan fingerprint density at radius 3 is 2.09 bits per heavy atom. The highest BCUT2D eigenvalue weighted by atomic mass is 16.7. The van der Waals surface area contributed by atoms with Crippen LogP contribution in [-0.2, 0) is 28.4 Å². The molecule has 0 aromatic heterocycles. The fourth-order valence-electron chi connectivity index (χ4n) is 2.38. The molecule has 0 bridgehead atoms. The lowest BCUT2D eigenvalue weighted by Gasteiger charge is -2.42. The molecule has 2 N–H and O–H groups in total. The van der Waals surface area contributed by atoms with Crippen molar-refractivity contribution in [2.24, 2.45) is 0 Å². The minimum atomic E-state index is -0.984. The first kappa shape index (κ1) is 20.7. The van der Waals surface area contributed by atoms with Gasteiger partial charge in [-0.1, -0.05) is 6.92 Å². The van der Waals surface area contributed by atoms with Gasteiger partial charge in [-0.2, -0.15) is 0 Å². The number of methoxy groups -OCH3 is 2. The maximum Gasteiger partial charge on any atom is 0.187 e. The molecule has 0 spiro atoms. The quantitative estimate of drug-likeness (QED) is 0.462. The molecular weight excluding hydrogens is 308 g/mol. The molecule has 23 heavy (non-hydrogen) atoms. The van der Waals surface area contributed by atoms with Gasteiger partial charge in [0.1, 0.15) is 24.4 Å². The standard InChI is InChI=1S/C15H30O8/c1-4-5-20-6-7-21-8-9-22-15-14(19-3)13(18-2)12(17)11(10-16)23-15/h11-17H,4-10H2,1-3H3/t11-,12-,13+,14+,15+/m0/s1. The second-order valence-corrected chi connectivity index (χ2v) is 5.21. The van der Waals surface area contributed by atoms with Crippen molar-refractivity contribution in [3.05, 3.63) is 0 Å². The molecule has 0 aliphatic carbocycles. The van der Waals surface area contributed by atoms with Gasteiger partial charge < -0.3 is 38.6 Å². The van der Waals surface area contributed by atoms with Crippen molar-refractivity contribution in [1.82, 2.24) is 0 Å². The SMILES string of the molecule is CCCOCCOCCO[C@@H]1O[C@@H](CO)[C@H](O)[C@@H](OC)[C@H]1OC. The third-order valence-electron chi connectivity index (χ3n) is 3.57. The molecule has 0 saturated carbocycles. The third kappa shape index (κ3) is 6.60. The molecule has 8 heteroatoms. The highest BCUT2D eigenvalue weighted by molar-refractivity contribution is 4.90. The average molecular weight is 338 g/mol. The summed E-state index contributed by atoms with van der Waals surface area (Å²) in [6.45, 7) is 4.19. The van der Waals surface area contributed by atoms with Gasteiger partial charge in [0.25, 0.3) is 0 Å². The zero-order valence-corrected chi connectivity index (χ0v) is 14.2. The van der Waals surface area contributed by atoms with Gasteiger partial charge in [0.2, 0.25) is 0 Å². The van der Waals surface area contributed by atoms with Crippen molar-refractivity contribution in [3.8, 4) is 0 Å². The number of aliphatic hydroxyl groups excluding tert-OH is 2. The summed E-state index contributed by atoms with van der Waals surface area (Å²) >= 11 is 0. The Hall–Kier alpha value is -0.320. The van der Waals surface area contributed by atoms with Crippen LogP contribution in [0.15, 0.2) is 0 Å². The number of hydrogen-bond acceptors (Lipinski definition) is 8. The molecule has 8 nitrogen and oxygen atoms in total. The minimum Gasteiger partial charge on any atom is -0.394 e. The molecule has 1 saturated heterocycles. The van der Waals surface area contributed by atoms with Gasteiger partial charge in [-0.3, -0.25) is 0 Å². The zero-order valence-electron chi connectivity index (χ0n) is 14.2. The second-order valence-electron chi connectivity index (χ2n) is 5.21. The van der Waals surface area contributed by atoms with Crippen LogP contribution in [0.5, 0.6) is 0 Å². The molecule has 0 radical (unpaired) electrons. The lowest BCUT2D eigenvalue weighted by molar-refractivity contribution is -0.310. The smallest absolute Gasteiger partial charge is 0.187 e. The van der Waals surface area contributed by atoms with E-state index in [1.54, 1.807) is 0 Å². The lowest BCUT2D eigenvalue weighted by Crippen LogP contribution is -2.60. The Labute approximate surface area is 137 Å². The van der Waals surface area contributed by atoms with Gasteiger partial charge in [-0.05, 0) is 6.42 Å². The molecule has 1 rings (SSSR count). The molecule has 0 aromatic carbocycles. The van der Waals surface area contributed by atoms with Crippen LogP contribution < -0.4 is 0 Å². The maximum atomic E-state index is 10.1. The normalized spacial score (nSPS) is 31.4. The monoisotopic (exact) mass is 338 g/mol. The Morgan fingerprint density at radius 2 is 1.52 bits per heavy atom. The van der Waals surface area contributed by atoms with Gasteiger partial charge in [0.15, 0.2) is 6.29 Å². The molecular formula is C15H30O8.